The lowest BCUT2D eigenvalue weighted by atomic mass is 10.3. The van der Waals surface area contributed by atoms with E-state index in [2.05, 4.69) is 36.5 Å². The van der Waals surface area contributed by atoms with E-state index >= 15 is 0 Å². The van der Waals surface area contributed by atoms with Gasteiger partial charge in [-0.3, -0.25) is 5.32 Å². The number of halogens is 1. The zero-order valence-corrected chi connectivity index (χ0v) is 14.2. The van der Waals surface area contributed by atoms with Gasteiger partial charge in [-0.15, -0.1) is 0 Å². The van der Waals surface area contributed by atoms with E-state index in [4.69, 9.17) is 5.73 Å². The number of hydrogen-bond donors (Lipinski definition) is 3. The van der Waals surface area contributed by atoms with Crippen LogP contribution in [0, 0.1) is 0 Å². The molecule has 0 radical (unpaired) electrons. The Kier molecular flexibility index (Phi) is 4.54. The SMILES string of the molecule is NC(=Nc1nc2ccccc2s1)NC(=O)Nc1ccccc1Br. The molecule has 0 spiro atoms. The third-order valence-corrected chi connectivity index (χ3v) is 4.48. The summed E-state index contributed by atoms with van der Waals surface area (Å²) in [7, 11) is 0. The lowest BCUT2D eigenvalue weighted by Gasteiger charge is -2.07. The number of rotatable bonds is 2. The average molecular weight is 390 g/mol. The van der Waals surface area contributed by atoms with Gasteiger partial charge in [0.1, 0.15) is 0 Å². The number of guanidine groups is 1. The number of carbonyl (C=O) groups is 1. The van der Waals surface area contributed by atoms with E-state index < -0.39 is 6.03 Å². The Morgan fingerprint density at radius 2 is 1.91 bits per heavy atom. The van der Waals surface area contributed by atoms with Gasteiger partial charge in [0.25, 0.3) is 0 Å². The number of hydrogen-bond acceptors (Lipinski definition) is 4. The zero-order valence-electron chi connectivity index (χ0n) is 11.8. The molecule has 3 rings (SSSR count). The molecular weight excluding hydrogens is 378 g/mol. The van der Waals surface area contributed by atoms with Crippen LogP contribution >= 0.6 is 27.3 Å². The molecule has 0 saturated carbocycles. The number of benzene rings is 2. The number of thiazole rings is 1. The number of nitrogens with zero attached hydrogens (tertiary/aromatic N) is 2. The van der Waals surface area contributed by atoms with E-state index in [0.29, 0.717) is 10.8 Å². The number of urea groups is 1. The van der Waals surface area contributed by atoms with E-state index in [-0.39, 0.29) is 5.96 Å². The minimum Gasteiger partial charge on any atom is -0.369 e. The van der Waals surface area contributed by atoms with Crippen molar-refractivity contribution in [2.24, 2.45) is 10.7 Å². The van der Waals surface area contributed by atoms with Crippen LogP contribution in [0.5, 0.6) is 0 Å². The first-order chi connectivity index (χ1) is 11.1. The maximum atomic E-state index is 11.9. The fraction of sp³-hybridized carbons (Fsp3) is 0. The van der Waals surface area contributed by atoms with Crippen LogP contribution in [0.2, 0.25) is 0 Å². The lowest BCUT2D eigenvalue weighted by molar-refractivity contribution is 0.256. The van der Waals surface area contributed by atoms with Gasteiger partial charge in [-0.05, 0) is 40.2 Å². The molecule has 8 heteroatoms. The van der Waals surface area contributed by atoms with Gasteiger partial charge in [0.15, 0.2) is 0 Å². The highest BCUT2D eigenvalue weighted by atomic mass is 79.9. The minimum atomic E-state index is -0.473. The van der Waals surface area contributed by atoms with Gasteiger partial charge in [0.05, 0.1) is 15.9 Å². The van der Waals surface area contributed by atoms with Crippen molar-refractivity contribution in [2.45, 2.75) is 0 Å². The predicted molar refractivity (Wildman–Crippen MR) is 97.2 cm³/mol. The molecule has 0 aliphatic rings. The molecular formula is C15H12BrN5OS. The Morgan fingerprint density at radius 1 is 1.17 bits per heavy atom. The highest BCUT2D eigenvalue weighted by Gasteiger charge is 2.07. The van der Waals surface area contributed by atoms with Crippen molar-refractivity contribution < 1.29 is 4.79 Å². The number of para-hydroxylation sites is 2. The monoisotopic (exact) mass is 389 g/mol. The molecule has 23 heavy (non-hydrogen) atoms. The van der Waals surface area contributed by atoms with Gasteiger partial charge in [-0.1, -0.05) is 35.6 Å². The van der Waals surface area contributed by atoms with Gasteiger partial charge >= 0.3 is 6.03 Å². The summed E-state index contributed by atoms with van der Waals surface area (Å²) >= 11 is 4.75. The maximum absolute atomic E-state index is 11.9. The fourth-order valence-electron chi connectivity index (χ4n) is 1.87. The summed E-state index contributed by atoms with van der Waals surface area (Å²) in [6.45, 7) is 0. The van der Waals surface area contributed by atoms with Crippen LogP contribution in [0.1, 0.15) is 0 Å². The van der Waals surface area contributed by atoms with Gasteiger partial charge in [-0.25, -0.2) is 9.78 Å². The Labute approximate surface area is 144 Å². The molecule has 0 unspecified atom stereocenters. The first-order valence-electron chi connectivity index (χ1n) is 6.64. The van der Waals surface area contributed by atoms with Crippen molar-refractivity contribution in [2.75, 3.05) is 5.32 Å². The summed E-state index contributed by atoms with van der Waals surface area (Å²) in [5.41, 5.74) is 7.24. The number of carbonyl (C=O) groups excluding carboxylic acids is 1. The van der Waals surface area contributed by atoms with E-state index in [1.54, 1.807) is 6.07 Å². The van der Waals surface area contributed by atoms with Crippen molar-refractivity contribution >= 4 is 60.3 Å². The molecule has 0 bridgehead atoms. The quantitative estimate of drug-likeness (QED) is 0.459. The standard InChI is InChI=1S/C15H12BrN5OS/c16-9-5-1-2-6-10(9)18-14(22)20-13(17)21-15-19-11-7-3-4-8-12(11)23-15/h1-8H,(H4,17,18,19,20,21,22). The van der Waals surface area contributed by atoms with Crippen molar-refractivity contribution in [3.8, 4) is 0 Å². The molecule has 0 aliphatic heterocycles. The molecule has 116 valence electrons. The lowest BCUT2D eigenvalue weighted by Crippen LogP contribution is -2.39. The molecule has 0 saturated heterocycles. The Hall–Kier alpha value is -2.45. The van der Waals surface area contributed by atoms with Crippen LogP contribution in [0.3, 0.4) is 0 Å². The van der Waals surface area contributed by atoms with Crippen molar-refractivity contribution in [3.63, 3.8) is 0 Å². The number of fused-ring (bicyclic) bond motifs is 1. The Bertz CT molecular complexity index is 859. The van der Waals surface area contributed by atoms with Crippen LogP contribution in [0.4, 0.5) is 15.6 Å². The predicted octanol–water partition coefficient (Wildman–Crippen LogP) is 3.83. The van der Waals surface area contributed by atoms with Gasteiger partial charge in [0, 0.05) is 4.47 Å². The summed E-state index contributed by atoms with van der Waals surface area (Å²) in [6.07, 6.45) is 0. The second kappa shape index (κ2) is 6.76. The number of nitrogens with two attached hydrogens (primary N) is 1. The molecule has 0 fully saturated rings. The second-order valence-corrected chi connectivity index (χ2v) is 6.38. The summed E-state index contributed by atoms with van der Waals surface area (Å²) in [6, 6.07) is 14.5. The molecule has 2 aromatic carbocycles. The Balaban J connectivity index is 1.69. The number of aromatic nitrogens is 1. The van der Waals surface area contributed by atoms with E-state index in [0.717, 1.165) is 14.7 Å². The van der Waals surface area contributed by atoms with Crippen LogP contribution in [0.25, 0.3) is 10.2 Å². The van der Waals surface area contributed by atoms with Crippen molar-refractivity contribution in [1.29, 1.82) is 0 Å². The number of anilines is 1. The molecule has 4 N–H and O–H groups in total. The zero-order chi connectivity index (χ0) is 16.2. The van der Waals surface area contributed by atoms with E-state index in [1.807, 2.05) is 42.5 Å². The van der Waals surface area contributed by atoms with Crippen LogP contribution in [-0.4, -0.2) is 17.0 Å². The van der Waals surface area contributed by atoms with Gasteiger partial charge < -0.3 is 11.1 Å². The van der Waals surface area contributed by atoms with Crippen LogP contribution < -0.4 is 16.4 Å². The van der Waals surface area contributed by atoms with Crippen molar-refractivity contribution in [1.82, 2.24) is 10.3 Å². The average Bonchev–Trinajstić information content (AvgIpc) is 2.91. The molecule has 6 nitrogen and oxygen atoms in total. The third-order valence-electron chi connectivity index (χ3n) is 2.86. The largest absolute Gasteiger partial charge is 0.369 e. The maximum Gasteiger partial charge on any atom is 0.326 e. The highest BCUT2D eigenvalue weighted by molar-refractivity contribution is 9.10. The summed E-state index contributed by atoms with van der Waals surface area (Å²) < 4.78 is 1.79. The minimum absolute atomic E-state index is 0.0198. The molecule has 2 amide bonds. The van der Waals surface area contributed by atoms with E-state index in [1.165, 1.54) is 11.3 Å². The first-order valence-corrected chi connectivity index (χ1v) is 8.25. The first kappa shape index (κ1) is 15.4. The fourth-order valence-corrected chi connectivity index (χ4v) is 3.10. The Morgan fingerprint density at radius 3 is 2.70 bits per heavy atom. The molecule has 3 aromatic rings. The highest BCUT2D eigenvalue weighted by Crippen LogP contribution is 2.27. The normalized spacial score (nSPS) is 11.4. The third kappa shape index (κ3) is 3.85. The summed E-state index contributed by atoms with van der Waals surface area (Å²) in [5, 5.41) is 5.64. The van der Waals surface area contributed by atoms with Crippen molar-refractivity contribution in [3.05, 3.63) is 53.0 Å². The van der Waals surface area contributed by atoms with Gasteiger partial charge in [0.2, 0.25) is 11.1 Å². The smallest absolute Gasteiger partial charge is 0.326 e. The number of amides is 2. The second-order valence-electron chi connectivity index (χ2n) is 4.52. The molecule has 1 heterocycles. The molecule has 0 aliphatic carbocycles. The van der Waals surface area contributed by atoms with Crippen LogP contribution in [0.15, 0.2) is 58.0 Å². The van der Waals surface area contributed by atoms with E-state index in [9.17, 15) is 4.79 Å². The molecule has 1 aromatic heterocycles. The molecule has 0 atom stereocenters. The summed E-state index contributed by atoms with van der Waals surface area (Å²) in [5.74, 6) is -0.0198. The number of nitrogens with one attached hydrogen (secondary N) is 2. The summed E-state index contributed by atoms with van der Waals surface area (Å²) in [4.78, 5) is 20.4. The van der Waals surface area contributed by atoms with Crippen LogP contribution in [-0.2, 0) is 0 Å². The number of aliphatic imine (C=N–C) groups is 1. The van der Waals surface area contributed by atoms with Gasteiger partial charge in [-0.2, -0.15) is 4.99 Å². The topological polar surface area (TPSA) is 92.4 Å².